The van der Waals surface area contributed by atoms with Gasteiger partial charge in [-0.2, -0.15) is 0 Å². The number of piperidine rings is 1. The number of rotatable bonds is 3. The first kappa shape index (κ1) is 13.3. The second-order valence-electron chi connectivity index (χ2n) is 5.20. The highest BCUT2D eigenvalue weighted by atomic mass is 19.1. The third-order valence-corrected chi connectivity index (χ3v) is 3.24. The molecule has 1 aliphatic heterocycles. The molecule has 0 amide bonds. The van der Waals surface area contributed by atoms with Crippen molar-refractivity contribution >= 4 is 5.69 Å². The van der Waals surface area contributed by atoms with Crippen LogP contribution >= 0.6 is 0 Å². The number of nitrogens with one attached hydrogen (secondary N) is 1. The predicted octanol–water partition coefficient (Wildman–Crippen LogP) is 2.93. The molecule has 1 aromatic rings. The number of hydrogen-bond acceptors (Lipinski definition) is 2. The van der Waals surface area contributed by atoms with E-state index in [2.05, 4.69) is 19.2 Å². The summed E-state index contributed by atoms with van der Waals surface area (Å²) in [6.07, 6.45) is 2.14. The maximum absolute atomic E-state index is 13.7. The molecule has 2 nitrogen and oxygen atoms in total. The molecule has 2 rings (SSSR count). The van der Waals surface area contributed by atoms with Gasteiger partial charge in [-0.25, -0.2) is 8.78 Å². The highest BCUT2D eigenvalue weighted by molar-refractivity contribution is 5.48. The van der Waals surface area contributed by atoms with Crippen molar-refractivity contribution in [1.82, 2.24) is 5.32 Å². The fraction of sp³-hybridized carbons (Fsp3) is 0.571. The third-order valence-electron chi connectivity index (χ3n) is 3.24. The van der Waals surface area contributed by atoms with E-state index in [0.717, 1.165) is 32.0 Å². The van der Waals surface area contributed by atoms with E-state index in [1.165, 1.54) is 12.1 Å². The summed E-state index contributed by atoms with van der Waals surface area (Å²) < 4.78 is 26.6. The van der Waals surface area contributed by atoms with Crippen molar-refractivity contribution in [2.24, 2.45) is 0 Å². The summed E-state index contributed by atoms with van der Waals surface area (Å²) in [6, 6.07) is 4.60. The SMILES string of the molecule is CC(C)NC1CCCN(c2ccc(F)cc2F)C1. The molecular formula is C14H20F2N2. The van der Waals surface area contributed by atoms with Crippen LogP contribution in [0.5, 0.6) is 0 Å². The van der Waals surface area contributed by atoms with Crippen molar-refractivity contribution in [3.05, 3.63) is 29.8 Å². The van der Waals surface area contributed by atoms with Gasteiger partial charge in [0.2, 0.25) is 0 Å². The second kappa shape index (κ2) is 5.65. The summed E-state index contributed by atoms with van der Waals surface area (Å²) in [5.41, 5.74) is 0.506. The summed E-state index contributed by atoms with van der Waals surface area (Å²) in [7, 11) is 0. The summed E-state index contributed by atoms with van der Waals surface area (Å²) in [4.78, 5) is 2.00. The Balaban J connectivity index is 2.08. The maximum Gasteiger partial charge on any atom is 0.149 e. The minimum absolute atomic E-state index is 0.378. The van der Waals surface area contributed by atoms with Gasteiger partial charge in [0.25, 0.3) is 0 Å². The van der Waals surface area contributed by atoms with Gasteiger partial charge in [-0.3, -0.25) is 0 Å². The Morgan fingerprint density at radius 1 is 1.33 bits per heavy atom. The van der Waals surface area contributed by atoms with Gasteiger partial charge in [-0.1, -0.05) is 13.8 Å². The van der Waals surface area contributed by atoms with Crippen molar-refractivity contribution in [2.45, 2.75) is 38.8 Å². The average molecular weight is 254 g/mol. The fourth-order valence-corrected chi connectivity index (χ4v) is 2.54. The van der Waals surface area contributed by atoms with Gasteiger partial charge < -0.3 is 10.2 Å². The Morgan fingerprint density at radius 2 is 2.11 bits per heavy atom. The molecule has 1 aromatic carbocycles. The number of halogens is 2. The van der Waals surface area contributed by atoms with E-state index in [0.29, 0.717) is 17.8 Å². The standard InChI is InChI=1S/C14H20F2N2/c1-10(2)17-12-4-3-7-18(9-12)14-6-5-11(15)8-13(14)16/h5-6,8,10,12,17H,3-4,7,9H2,1-2H3. The van der Waals surface area contributed by atoms with Gasteiger partial charge in [-0.05, 0) is 25.0 Å². The van der Waals surface area contributed by atoms with E-state index in [-0.39, 0.29) is 0 Å². The van der Waals surface area contributed by atoms with Crippen molar-refractivity contribution in [3.8, 4) is 0 Å². The molecule has 1 unspecified atom stereocenters. The van der Waals surface area contributed by atoms with E-state index in [1.807, 2.05) is 4.90 Å². The van der Waals surface area contributed by atoms with Crippen molar-refractivity contribution < 1.29 is 8.78 Å². The topological polar surface area (TPSA) is 15.3 Å². The normalized spacial score (nSPS) is 20.5. The van der Waals surface area contributed by atoms with E-state index in [4.69, 9.17) is 0 Å². The predicted molar refractivity (Wildman–Crippen MR) is 69.9 cm³/mol. The molecule has 0 spiro atoms. The number of benzene rings is 1. The molecule has 18 heavy (non-hydrogen) atoms. The van der Waals surface area contributed by atoms with E-state index < -0.39 is 11.6 Å². The minimum atomic E-state index is -0.523. The Bertz CT molecular complexity index is 407. The van der Waals surface area contributed by atoms with Gasteiger partial charge >= 0.3 is 0 Å². The smallest absolute Gasteiger partial charge is 0.149 e. The summed E-state index contributed by atoms with van der Waals surface area (Å²) in [5.74, 6) is -0.995. The lowest BCUT2D eigenvalue weighted by Crippen LogP contribution is -2.48. The molecule has 1 aliphatic rings. The molecule has 1 heterocycles. The van der Waals surface area contributed by atoms with Crippen LogP contribution in [-0.2, 0) is 0 Å². The molecule has 0 radical (unpaired) electrons. The van der Waals surface area contributed by atoms with Crippen molar-refractivity contribution in [2.75, 3.05) is 18.0 Å². The summed E-state index contributed by atoms with van der Waals surface area (Å²) >= 11 is 0. The van der Waals surface area contributed by atoms with Crippen LogP contribution in [0.4, 0.5) is 14.5 Å². The Kier molecular flexibility index (Phi) is 4.17. The monoisotopic (exact) mass is 254 g/mol. The number of nitrogens with zero attached hydrogens (tertiary/aromatic N) is 1. The largest absolute Gasteiger partial charge is 0.368 e. The first-order valence-electron chi connectivity index (χ1n) is 6.52. The van der Waals surface area contributed by atoms with E-state index in [9.17, 15) is 8.78 Å². The number of hydrogen-bond donors (Lipinski definition) is 1. The molecule has 1 fully saturated rings. The van der Waals surface area contributed by atoms with Gasteiger partial charge in [0.15, 0.2) is 0 Å². The fourth-order valence-electron chi connectivity index (χ4n) is 2.54. The summed E-state index contributed by atoms with van der Waals surface area (Å²) in [5, 5.41) is 3.47. The van der Waals surface area contributed by atoms with Gasteiger partial charge in [0, 0.05) is 31.2 Å². The van der Waals surface area contributed by atoms with Crippen LogP contribution in [0, 0.1) is 11.6 Å². The molecule has 4 heteroatoms. The Morgan fingerprint density at radius 3 is 2.78 bits per heavy atom. The Labute approximate surface area is 107 Å². The zero-order chi connectivity index (χ0) is 13.1. The highest BCUT2D eigenvalue weighted by Crippen LogP contribution is 2.24. The maximum atomic E-state index is 13.7. The van der Waals surface area contributed by atoms with Crippen LogP contribution in [-0.4, -0.2) is 25.2 Å². The Hall–Kier alpha value is -1.16. The zero-order valence-corrected chi connectivity index (χ0v) is 10.9. The third kappa shape index (κ3) is 3.19. The van der Waals surface area contributed by atoms with E-state index >= 15 is 0 Å². The van der Waals surface area contributed by atoms with E-state index in [1.54, 1.807) is 0 Å². The average Bonchev–Trinajstić information content (AvgIpc) is 2.28. The van der Waals surface area contributed by atoms with Gasteiger partial charge in [0.05, 0.1) is 5.69 Å². The van der Waals surface area contributed by atoms with Crippen LogP contribution in [0.25, 0.3) is 0 Å². The van der Waals surface area contributed by atoms with Crippen molar-refractivity contribution in [3.63, 3.8) is 0 Å². The minimum Gasteiger partial charge on any atom is -0.368 e. The van der Waals surface area contributed by atoms with Gasteiger partial charge in [0.1, 0.15) is 11.6 Å². The first-order chi connectivity index (χ1) is 8.56. The summed E-state index contributed by atoms with van der Waals surface area (Å²) in [6.45, 7) is 5.83. The first-order valence-corrected chi connectivity index (χ1v) is 6.52. The lowest BCUT2D eigenvalue weighted by atomic mass is 10.0. The van der Waals surface area contributed by atoms with Gasteiger partial charge in [-0.15, -0.1) is 0 Å². The molecule has 1 N–H and O–H groups in total. The molecule has 0 saturated carbocycles. The molecule has 1 saturated heterocycles. The molecule has 100 valence electrons. The molecule has 0 bridgehead atoms. The highest BCUT2D eigenvalue weighted by Gasteiger charge is 2.22. The second-order valence-corrected chi connectivity index (χ2v) is 5.20. The lowest BCUT2D eigenvalue weighted by Gasteiger charge is -2.35. The quantitative estimate of drug-likeness (QED) is 0.892. The van der Waals surface area contributed by atoms with Crippen molar-refractivity contribution in [1.29, 1.82) is 0 Å². The molecule has 1 atom stereocenters. The molecular weight excluding hydrogens is 234 g/mol. The van der Waals surface area contributed by atoms with Crippen LogP contribution in [0.15, 0.2) is 18.2 Å². The van der Waals surface area contributed by atoms with Crippen LogP contribution in [0.1, 0.15) is 26.7 Å². The number of anilines is 1. The molecule has 0 aromatic heterocycles. The zero-order valence-electron chi connectivity index (χ0n) is 10.9. The molecule has 0 aliphatic carbocycles. The van der Waals surface area contributed by atoms with Crippen LogP contribution in [0.2, 0.25) is 0 Å². The van der Waals surface area contributed by atoms with Crippen LogP contribution in [0.3, 0.4) is 0 Å². The van der Waals surface area contributed by atoms with Crippen LogP contribution < -0.4 is 10.2 Å². The lowest BCUT2D eigenvalue weighted by molar-refractivity contribution is 0.392.